The Morgan fingerprint density at radius 1 is 0.917 bits per heavy atom. The van der Waals surface area contributed by atoms with Crippen LogP contribution in [0.3, 0.4) is 0 Å². The molecule has 0 aliphatic rings. The Morgan fingerprint density at radius 3 is 2.54 bits per heavy atom. The molecule has 0 aliphatic heterocycles. The van der Waals surface area contributed by atoms with Crippen molar-refractivity contribution >= 4 is 11.0 Å². The molecule has 0 fully saturated rings. The van der Waals surface area contributed by atoms with Gasteiger partial charge in [-0.15, -0.1) is 0 Å². The van der Waals surface area contributed by atoms with Crippen LogP contribution in [0.25, 0.3) is 11.0 Å². The van der Waals surface area contributed by atoms with Gasteiger partial charge in [0.15, 0.2) is 0 Å². The SMILES string of the molecule is CCCCCc1nc2ccccc2n1CCCOc1ccccc1. The molecule has 0 saturated carbocycles. The second-order valence-electron chi connectivity index (χ2n) is 6.14. The molecule has 0 unspecified atom stereocenters. The van der Waals surface area contributed by atoms with Crippen molar-refractivity contribution in [3.05, 3.63) is 60.4 Å². The van der Waals surface area contributed by atoms with Gasteiger partial charge in [0.25, 0.3) is 0 Å². The lowest BCUT2D eigenvalue weighted by Gasteiger charge is -2.10. The fraction of sp³-hybridized carbons (Fsp3) is 0.381. The van der Waals surface area contributed by atoms with E-state index in [9.17, 15) is 0 Å². The highest BCUT2D eigenvalue weighted by molar-refractivity contribution is 5.75. The maximum Gasteiger partial charge on any atom is 0.119 e. The Hall–Kier alpha value is -2.29. The minimum absolute atomic E-state index is 0.727. The number of para-hydroxylation sites is 3. The molecule has 3 rings (SSSR count). The number of unbranched alkanes of at least 4 members (excludes halogenated alkanes) is 2. The zero-order valence-corrected chi connectivity index (χ0v) is 14.4. The summed E-state index contributed by atoms with van der Waals surface area (Å²) in [6, 6.07) is 18.5. The van der Waals surface area contributed by atoms with Gasteiger partial charge in [0.1, 0.15) is 11.6 Å². The zero-order chi connectivity index (χ0) is 16.6. The summed E-state index contributed by atoms with van der Waals surface area (Å²) >= 11 is 0. The molecule has 0 amide bonds. The fourth-order valence-corrected chi connectivity index (χ4v) is 3.03. The summed E-state index contributed by atoms with van der Waals surface area (Å²) in [5.41, 5.74) is 2.34. The van der Waals surface area contributed by atoms with Crippen LogP contribution in [-0.4, -0.2) is 16.2 Å². The van der Waals surface area contributed by atoms with Crippen molar-refractivity contribution < 1.29 is 4.74 Å². The molecule has 0 radical (unpaired) electrons. The molecule has 1 heterocycles. The largest absolute Gasteiger partial charge is 0.494 e. The van der Waals surface area contributed by atoms with E-state index >= 15 is 0 Å². The van der Waals surface area contributed by atoms with E-state index in [4.69, 9.17) is 9.72 Å². The molecule has 3 nitrogen and oxygen atoms in total. The highest BCUT2D eigenvalue weighted by Gasteiger charge is 2.09. The Bertz CT molecular complexity index is 749. The standard InChI is InChI=1S/C21H26N2O/c1-2-3-5-15-21-22-19-13-8-9-14-20(19)23(21)16-10-17-24-18-11-6-4-7-12-18/h4,6-9,11-14H,2-3,5,10,15-17H2,1H3. The summed E-state index contributed by atoms with van der Waals surface area (Å²) in [7, 11) is 0. The molecule has 3 aromatic rings. The van der Waals surface area contributed by atoms with Gasteiger partial charge in [-0.3, -0.25) is 0 Å². The smallest absolute Gasteiger partial charge is 0.119 e. The summed E-state index contributed by atoms with van der Waals surface area (Å²) < 4.78 is 8.20. The highest BCUT2D eigenvalue weighted by atomic mass is 16.5. The molecule has 0 atom stereocenters. The van der Waals surface area contributed by atoms with Crippen LogP contribution in [0.2, 0.25) is 0 Å². The number of nitrogens with zero attached hydrogens (tertiary/aromatic N) is 2. The maximum atomic E-state index is 5.82. The van der Waals surface area contributed by atoms with Crippen LogP contribution >= 0.6 is 0 Å². The number of aromatic nitrogens is 2. The Balaban J connectivity index is 1.64. The van der Waals surface area contributed by atoms with Crippen LogP contribution in [0.4, 0.5) is 0 Å². The molecule has 2 aromatic carbocycles. The van der Waals surface area contributed by atoms with Crippen LogP contribution in [0.1, 0.15) is 38.4 Å². The van der Waals surface area contributed by atoms with Gasteiger partial charge in [0.2, 0.25) is 0 Å². The molecule has 0 bridgehead atoms. The summed E-state index contributed by atoms with van der Waals surface area (Å²) in [6.07, 6.45) is 5.75. The van der Waals surface area contributed by atoms with Crippen molar-refractivity contribution in [2.24, 2.45) is 0 Å². The van der Waals surface area contributed by atoms with Crippen LogP contribution in [0.15, 0.2) is 54.6 Å². The molecule has 0 saturated heterocycles. The lowest BCUT2D eigenvalue weighted by atomic mass is 10.2. The van der Waals surface area contributed by atoms with Crippen LogP contribution < -0.4 is 4.74 Å². The van der Waals surface area contributed by atoms with Gasteiger partial charge in [-0.25, -0.2) is 4.98 Å². The minimum Gasteiger partial charge on any atom is -0.494 e. The molecule has 3 heteroatoms. The molecule has 126 valence electrons. The molecule has 0 N–H and O–H groups in total. The monoisotopic (exact) mass is 322 g/mol. The van der Waals surface area contributed by atoms with E-state index in [1.165, 1.54) is 30.6 Å². The first kappa shape index (κ1) is 16.6. The van der Waals surface area contributed by atoms with Crippen molar-refractivity contribution in [3.8, 4) is 5.75 Å². The average molecular weight is 322 g/mol. The van der Waals surface area contributed by atoms with Gasteiger partial charge in [0.05, 0.1) is 17.6 Å². The first-order chi connectivity index (χ1) is 11.9. The third kappa shape index (κ3) is 4.16. The van der Waals surface area contributed by atoms with Gasteiger partial charge in [0, 0.05) is 13.0 Å². The number of imidazole rings is 1. The first-order valence-corrected chi connectivity index (χ1v) is 9.00. The number of benzene rings is 2. The van der Waals surface area contributed by atoms with Gasteiger partial charge < -0.3 is 9.30 Å². The van der Waals surface area contributed by atoms with E-state index in [0.29, 0.717) is 0 Å². The number of aryl methyl sites for hydroxylation is 2. The van der Waals surface area contributed by atoms with Crippen LogP contribution in [0, 0.1) is 0 Å². The Kier molecular flexibility index (Phi) is 5.89. The molecule has 0 spiro atoms. The lowest BCUT2D eigenvalue weighted by molar-refractivity contribution is 0.301. The summed E-state index contributed by atoms with van der Waals surface area (Å²) in [5, 5.41) is 0. The van der Waals surface area contributed by atoms with E-state index in [0.717, 1.165) is 37.3 Å². The van der Waals surface area contributed by atoms with E-state index in [1.54, 1.807) is 0 Å². The van der Waals surface area contributed by atoms with Gasteiger partial charge in [-0.2, -0.15) is 0 Å². The first-order valence-electron chi connectivity index (χ1n) is 9.00. The number of fused-ring (bicyclic) bond motifs is 1. The van der Waals surface area contributed by atoms with E-state index in [-0.39, 0.29) is 0 Å². The summed E-state index contributed by atoms with van der Waals surface area (Å²) in [6.45, 7) is 3.92. The highest BCUT2D eigenvalue weighted by Crippen LogP contribution is 2.18. The number of hydrogen-bond acceptors (Lipinski definition) is 2. The topological polar surface area (TPSA) is 27.1 Å². The van der Waals surface area contributed by atoms with Gasteiger partial charge >= 0.3 is 0 Å². The molecular formula is C21H26N2O. The van der Waals surface area contributed by atoms with E-state index in [2.05, 4.69) is 35.8 Å². The zero-order valence-electron chi connectivity index (χ0n) is 14.4. The molecule has 0 aliphatic carbocycles. The molecular weight excluding hydrogens is 296 g/mol. The third-order valence-electron chi connectivity index (χ3n) is 4.28. The quantitative estimate of drug-likeness (QED) is 0.504. The van der Waals surface area contributed by atoms with Crippen LogP contribution in [-0.2, 0) is 13.0 Å². The van der Waals surface area contributed by atoms with Crippen molar-refractivity contribution in [1.29, 1.82) is 0 Å². The normalized spacial score (nSPS) is 11.0. The van der Waals surface area contributed by atoms with Crippen molar-refractivity contribution in [3.63, 3.8) is 0 Å². The third-order valence-corrected chi connectivity index (χ3v) is 4.28. The average Bonchev–Trinajstić information content (AvgIpc) is 2.97. The van der Waals surface area contributed by atoms with Gasteiger partial charge in [-0.1, -0.05) is 50.1 Å². The lowest BCUT2D eigenvalue weighted by Crippen LogP contribution is -2.08. The Labute approximate surface area is 144 Å². The number of hydrogen-bond donors (Lipinski definition) is 0. The van der Waals surface area contributed by atoms with Crippen LogP contribution in [0.5, 0.6) is 5.75 Å². The maximum absolute atomic E-state index is 5.82. The van der Waals surface area contributed by atoms with Crippen molar-refractivity contribution in [2.75, 3.05) is 6.61 Å². The molecule has 1 aromatic heterocycles. The summed E-state index contributed by atoms with van der Waals surface area (Å²) in [4.78, 5) is 4.84. The van der Waals surface area contributed by atoms with E-state index < -0.39 is 0 Å². The predicted molar refractivity (Wildman–Crippen MR) is 99.5 cm³/mol. The Morgan fingerprint density at radius 2 is 1.71 bits per heavy atom. The van der Waals surface area contributed by atoms with Crippen molar-refractivity contribution in [2.45, 2.75) is 45.6 Å². The minimum atomic E-state index is 0.727. The van der Waals surface area contributed by atoms with E-state index in [1.807, 2.05) is 30.3 Å². The summed E-state index contributed by atoms with van der Waals surface area (Å²) in [5.74, 6) is 2.15. The van der Waals surface area contributed by atoms with Gasteiger partial charge in [-0.05, 0) is 37.1 Å². The fourth-order valence-electron chi connectivity index (χ4n) is 3.03. The second kappa shape index (κ2) is 8.53. The second-order valence-corrected chi connectivity index (χ2v) is 6.14. The predicted octanol–water partition coefficient (Wildman–Crippen LogP) is 5.24. The van der Waals surface area contributed by atoms with Crippen molar-refractivity contribution in [1.82, 2.24) is 9.55 Å². The number of ether oxygens (including phenoxy) is 1. The number of rotatable bonds is 9. The molecule has 24 heavy (non-hydrogen) atoms.